The van der Waals surface area contributed by atoms with Crippen LogP contribution in [0, 0.1) is 0 Å². The van der Waals surface area contributed by atoms with Crippen LogP contribution in [0.1, 0.15) is 32.4 Å². The molecule has 0 unspecified atom stereocenters. The molecule has 0 aliphatic heterocycles. The molecule has 1 rings (SSSR count). The molecule has 1 aromatic heterocycles. The Kier molecular flexibility index (Phi) is 3.14. The monoisotopic (exact) mass is 168 g/mol. The van der Waals surface area contributed by atoms with Gasteiger partial charge in [-0.25, -0.2) is 4.68 Å². The molecular formula is C9H16N2O. The number of hydrogen-bond acceptors (Lipinski definition) is 2. The number of aromatic hydroxyl groups is 1. The fourth-order valence-corrected chi connectivity index (χ4v) is 1.10. The number of hydrogen-bond donors (Lipinski definition) is 1. The van der Waals surface area contributed by atoms with Gasteiger partial charge in [0.15, 0.2) is 0 Å². The molecule has 0 atom stereocenters. The maximum atomic E-state index is 9.39. The van der Waals surface area contributed by atoms with E-state index in [1.165, 1.54) is 0 Å². The molecule has 1 heterocycles. The van der Waals surface area contributed by atoms with Crippen molar-refractivity contribution in [2.45, 2.75) is 39.7 Å². The molecule has 0 aliphatic carbocycles. The van der Waals surface area contributed by atoms with E-state index in [1.54, 1.807) is 10.7 Å². The zero-order valence-corrected chi connectivity index (χ0v) is 7.75. The van der Waals surface area contributed by atoms with Crippen LogP contribution in [0.2, 0.25) is 0 Å². The topological polar surface area (TPSA) is 38.0 Å². The first-order valence-corrected chi connectivity index (χ1v) is 4.53. The predicted molar refractivity (Wildman–Crippen MR) is 48.2 cm³/mol. The maximum absolute atomic E-state index is 9.39. The van der Waals surface area contributed by atoms with E-state index in [-0.39, 0.29) is 0 Å². The van der Waals surface area contributed by atoms with Crippen molar-refractivity contribution >= 4 is 0 Å². The van der Waals surface area contributed by atoms with Crippen LogP contribution >= 0.6 is 0 Å². The Bertz CT molecular complexity index is 243. The number of unbranched alkanes of at least 4 members (excludes halogenated alkanes) is 1. The normalized spacial score (nSPS) is 10.5. The van der Waals surface area contributed by atoms with Gasteiger partial charge in [0.1, 0.15) is 0 Å². The summed E-state index contributed by atoms with van der Waals surface area (Å²) in [6.45, 7) is 4.98. The van der Waals surface area contributed by atoms with Crippen LogP contribution in [0.5, 0.6) is 5.88 Å². The molecule has 3 heteroatoms. The van der Waals surface area contributed by atoms with Crippen LogP contribution in [0.15, 0.2) is 6.07 Å². The first-order valence-electron chi connectivity index (χ1n) is 4.53. The van der Waals surface area contributed by atoms with Crippen LogP contribution in [-0.4, -0.2) is 14.9 Å². The van der Waals surface area contributed by atoms with E-state index < -0.39 is 0 Å². The lowest BCUT2D eigenvalue weighted by molar-refractivity contribution is 0.393. The van der Waals surface area contributed by atoms with E-state index in [9.17, 15) is 5.11 Å². The third-order valence-corrected chi connectivity index (χ3v) is 1.90. The molecule has 0 aliphatic rings. The standard InChI is InChI=1S/C9H16N2O/c1-3-5-6-11-9(12)7-8(4-2)10-11/h7,12H,3-6H2,1-2H3. The van der Waals surface area contributed by atoms with Gasteiger partial charge >= 0.3 is 0 Å². The van der Waals surface area contributed by atoms with Gasteiger partial charge in [0, 0.05) is 12.6 Å². The maximum Gasteiger partial charge on any atom is 0.209 e. The average molecular weight is 168 g/mol. The Morgan fingerprint density at radius 1 is 1.50 bits per heavy atom. The summed E-state index contributed by atoms with van der Waals surface area (Å²) in [7, 11) is 0. The van der Waals surface area contributed by atoms with E-state index in [1.807, 2.05) is 6.92 Å². The summed E-state index contributed by atoms with van der Waals surface area (Å²) in [4.78, 5) is 0. The molecule has 0 radical (unpaired) electrons. The zero-order chi connectivity index (χ0) is 8.97. The van der Waals surface area contributed by atoms with Crippen molar-refractivity contribution in [3.63, 3.8) is 0 Å². The van der Waals surface area contributed by atoms with Gasteiger partial charge in [-0.2, -0.15) is 5.10 Å². The van der Waals surface area contributed by atoms with E-state index >= 15 is 0 Å². The van der Waals surface area contributed by atoms with Gasteiger partial charge in [-0.05, 0) is 12.8 Å². The van der Waals surface area contributed by atoms with Crippen molar-refractivity contribution in [1.82, 2.24) is 9.78 Å². The van der Waals surface area contributed by atoms with Crippen molar-refractivity contribution in [3.8, 4) is 5.88 Å². The molecular weight excluding hydrogens is 152 g/mol. The van der Waals surface area contributed by atoms with Crippen molar-refractivity contribution in [1.29, 1.82) is 0 Å². The Hall–Kier alpha value is -0.990. The molecule has 0 bridgehead atoms. The number of rotatable bonds is 4. The van der Waals surface area contributed by atoms with Crippen LogP contribution in [0.25, 0.3) is 0 Å². The molecule has 0 spiro atoms. The number of aromatic nitrogens is 2. The lowest BCUT2D eigenvalue weighted by atomic mass is 10.3. The SMILES string of the molecule is CCCCn1nc(CC)cc1O. The third kappa shape index (κ3) is 2.00. The molecule has 0 saturated heterocycles. The molecule has 12 heavy (non-hydrogen) atoms. The molecule has 0 aromatic carbocycles. The van der Waals surface area contributed by atoms with Crippen molar-refractivity contribution in [2.75, 3.05) is 0 Å². The summed E-state index contributed by atoms with van der Waals surface area (Å²) in [5.74, 6) is 0.292. The van der Waals surface area contributed by atoms with Crippen LogP contribution < -0.4 is 0 Å². The second-order valence-corrected chi connectivity index (χ2v) is 2.92. The average Bonchev–Trinajstić information content (AvgIpc) is 2.43. The largest absolute Gasteiger partial charge is 0.493 e. The summed E-state index contributed by atoms with van der Waals surface area (Å²) in [6.07, 6.45) is 3.08. The van der Waals surface area contributed by atoms with E-state index in [2.05, 4.69) is 12.0 Å². The van der Waals surface area contributed by atoms with Crippen molar-refractivity contribution in [2.24, 2.45) is 0 Å². The second-order valence-electron chi connectivity index (χ2n) is 2.92. The smallest absolute Gasteiger partial charge is 0.209 e. The van der Waals surface area contributed by atoms with E-state index in [0.29, 0.717) is 5.88 Å². The summed E-state index contributed by atoms with van der Waals surface area (Å²) < 4.78 is 1.67. The second kappa shape index (κ2) is 4.14. The van der Waals surface area contributed by atoms with Gasteiger partial charge in [-0.1, -0.05) is 20.3 Å². The molecule has 0 saturated carbocycles. The third-order valence-electron chi connectivity index (χ3n) is 1.90. The van der Waals surface area contributed by atoms with Gasteiger partial charge < -0.3 is 5.11 Å². The zero-order valence-electron chi connectivity index (χ0n) is 7.75. The lowest BCUT2D eigenvalue weighted by Crippen LogP contribution is -1.99. The van der Waals surface area contributed by atoms with Gasteiger partial charge in [0.2, 0.25) is 5.88 Å². The fourth-order valence-electron chi connectivity index (χ4n) is 1.10. The van der Waals surface area contributed by atoms with Crippen molar-refractivity contribution < 1.29 is 5.11 Å². The Morgan fingerprint density at radius 3 is 2.75 bits per heavy atom. The van der Waals surface area contributed by atoms with Crippen LogP contribution in [0.3, 0.4) is 0 Å². The minimum absolute atomic E-state index is 0.292. The van der Waals surface area contributed by atoms with Gasteiger partial charge in [-0.15, -0.1) is 0 Å². The molecule has 68 valence electrons. The highest BCUT2D eigenvalue weighted by Crippen LogP contribution is 2.12. The minimum atomic E-state index is 0.292. The highest BCUT2D eigenvalue weighted by Gasteiger charge is 2.03. The Morgan fingerprint density at radius 2 is 2.25 bits per heavy atom. The fraction of sp³-hybridized carbons (Fsp3) is 0.667. The van der Waals surface area contributed by atoms with Crippen LogP contribution in [0.4, 0.5) is 0 Å². The summed E-state index contributed by atoms with van der Waals surface area (Å²) in [5.41, 5.74) is 0.962. The molecule has 1 N–H and O–H groups in total. The molecule has 3 nitrogen and oxygen atoms in total. The highest BCUT2D eigenvalue weighted by molar-refractivity contribution is 5.14. The van der Waals surface area contributed by atoms with E-state index in [0.717, 1.165) is 31.5 Å². The van der Waals surface area contributed by atoms with Gasteiger partial charge in [0.25, 0.3) is 0 Å². The number of aryl methyl sites for hydroxylation is 2. The first-order chi connectivity index (χ1) is 5.77. The molecule has 0 fully saturated rings. The molecule has 0 amide bonds. The van der Waals surface area contributed by atoms with Gasteiger partial charge in [-0.3, -0.25) is 0 Å². The van der Waals surface area contributed by atoms with Crippen LogP contribution in [-0.2, 0) is 13.0 Å². The predicted octanol–water partition coefficient (Wildman–Crippen LogP) is 1.95. The van der Waals surface area contributed by atoms with Crippen molar-refractivity contribution in [3.05, 3.63) is 11.8 Å². The number of nitrogens with zero attached hydrogens (tertiary/aromatic N) is 2. The summed E-state index contributed by atoms with van der Waals surface area (Å²) in [6, 6.07) is 1.73. The Balaban J connectivity index is 2.64. The highest BCUT2D eigenvalue weighted by atomic mass is 16.3. The minimum Gasteiger partial charge on any atom is -0.493 e. The first kappa shape index (κ1) is 9.10. The summed E-state index contributed by atoms with van der Waals surface area (Å²) in [5, 5.41) is 13.6. The lowest BCUT2D eigenvalue weighted by Gasteiger charge is -1.99. The quantitative estimate of drug-likeness (QED) is 0.746. The molecule has 1 aromatic rings. The van der Waals surface area contributed by atoms with E-state index in [4.69, 9.17) is 0 Å². The Labute approximate surface area is 73.0 Å². The van der Waals surface area contributed by atoms with Gasteiger partial charge in [0.05, 0.1) is 5.69 Å². The summed E-state index contributed by atoms with van der Waals surface area (Å²) >= 11 is 0.